The Labute approximate surface area is 149 Å². The highest BCUT2D eigenvalue weighted by Gasteiger charge is 2.32. The van der Waals surface area contributed by atoms with Crippen LogP contribution in [0.5, 0.6) is 0 Å². The molecule has 23 heavy (non-hydrogen) atoms. The molecule has 2 aromatic carbocycles. The fourth-order valence-corrected chi connectivity index (χ4v) is 3.14. The van der Waals surface area contributed by atoms with Crippen LogP contribution < -0.4 is 10.2 Å². The Morgan fingerprint density at radius 1 is 1.09 bits per heavy atom. The quantitative estimate of drug-likeness (QED) is 0.615. The molecule has 0 unspecified atom stereocenters. The molecule has 1 fully saturated rings. The molecule has 1 aliphatic heterocycles. The lowest BCUT2D eigenvalue weighted by Gasteiger charge is -2.15. The molecule has 0 saturated carbocycles. The maximum absolute atomic E-state index is 12.7. The van der Waals surface area contributed by atoms with Crippen molar-refractivity contribution in [3.8, 4) is 0 Å². The Morgan fingerprint density at radius 3 is 2.30 bits per heavy atom. The third-order valence-corrected chi connectivity index (χ3v) is 4.34. The van der Waals surface area contributed by atoms with Crippen LogP contribution in [0.2, 0.25) is 0 Å². The number of benzene rings is 2. The molecule has 0 aromatic heterocycles. The van der Waals surface area contributed by atoms with Crippen LogP contribution in [0, 0.1) is 13.8 Å². The maximum Gasteiger partial charge on any atom is 0.281 e. The molecular formula is C18H15BrN2OS. The van der Waals surface area contributed by atoms with E-state index >= 15 is 0 Å². The van der Waals surface area contributed by atoms with Crippen LogP contribution in [-0.4, -0.2) is 11.0 Å². The highest BCUT2D eigenvalue weighted by molar-refractivity contribution is 9.10. The van der Waals surface area contributed by atoms with Crippen molar-refractivity contribution in [1.29, 1.82) is 0 Å². The van der Waals surface area contributed by atoms with Gasteiger partial charge in [-0.3, -0.25) is 9.69 Å². The molecule has 0 radical (unpaired) electrons. The van der Waals surface area contributed by atoms with Crippen LogP contribution in [0.25, 0.3) is 6.08 Å². The molecule has 0 bridgehead atoms. The summed E-state index contributed by atoms with van der Waals surface area (Å²) >= 11 is 8.75. The molecule has 116 valence electrons. The summed E-state index contributed by atoms with van der Waals surface area (Å²) in [6.45, 7) is 4.01. The predicted molar refractivity (Wildman–Crippen MR) is 101 cm³/mol. The zero-order valence-corrected chi connectivity index (χ0v) is 15.2. The van der Waals surface area contributed by atoms with Gasteiger partial charge in [0.2, 0.25) is 0 Å². The molecule has 0 spiro atoms. The molecule has 1 N–H and O–H groups in total. The number of carbonyl (C=O) groups excluding carboxylic acids is 1. The molecule has 2 aromatic rings. The number of carbonyl (C=O) groups is 1. The van der Waals surface area contributed by atoms with Gasteiger partial charge in [-0.15, -0.1) is 0 Å². The monoisotopic (exact) mass is 386 g/mol. The van der Waals surface area contributed by atoms with E-state index < -0.39 is 0 Å². The second-order valence-electron chi connectivity index (χ2n) is 5.53. The first-order valence-electron chi connectivity index (χ1n) is 7.15. The standard InChI is InChI=1S/C18H15BrN2OS/c1-11-7-12(2)9-15(8-11)21-17(22)16(20-18(21)23)10-13-3-5-14(19)6-4-13/h3-10H,1-2H3,(H,20,23)/b16-10-. The Balaban J connectivity index is 1.95. The molecule has 1 heterocycles. The predicted octanol–water partition coefficient (Wildman–Crippen LogP) is 4.33. The van der Waals surface area contributed by atoms with Gasteiger partial charge >= 0.3 is 0 Å². The Kier molecular flexibility index (Phi) is 4.33. The summed E-state index contributed by atoms with van der Waals surface area (Å²) in [5.74, 6) is -0.136. The van der Waals surface area contributed by atoms with E-state index in [0.717, 1.165) is 26.9 Å². The minimum atomic E-state index is -0.136. The van der Waals surface area contributed by atoms with Crippen molar-refractivity contribution in [2.24, 2.45) is 0 Å². The molecule has 3 nitrogen and oxygen atoms in total. The molecular weight excluding hydrogens is 372 g/mol. The smallest absolute Gasteiger partial charge is 0.281 e. The Morgan fingerprint density at radius 2 is 1.70 bits per heavy atom. The lowest BCUT2D eigenvalue weighted by Crippen LogP contribution is -2.30. The van der Waals surface area contributed by atoms with E-state index in [9.17, 15) is 4.79 Å². The van der Waals surface area contributed by atoms with Crippen molar-refractivity contribution in [1.82, 2.24) is 5.32 Å². The third-order valence-electron chi connectivity index (χ3n) is 3.52. The van der Waals surface area contributed by atoms with Gasteiger partial charge in [0.25, 0.3) is 5.91 Å². The maximum atomic E-state index is 12.7. The summed E-state index contributed by atoms with van der Waals surface area (Å²) < 4.78 is 0.998. The molecule has 1 amide bonds. The Hall–Kier alpha value is -1.98. The van der Waals surface area contributed by atoms with Gasteiger partial charge in [-0.1, -0.05) is 34.1 Å². The number of rotatable bonds is 2. The van der Waals surface area contributed by atoms with Gasteiger partial charge in [0, 0.05) is 4.47 Å². The number of hydrogen-bond donors (Lipinski definition) is 1. The zero-order valence-electron chi connectivity index (χ0n) is 12.8. The second-order valence-corrected chi connectivity index (χ2v) is 6.83. The first kappa shape index (κ1) is 15.9. The van der Waals surface area contributed by atoms with Crippen LogP contribution in [0.15, 0.2) is 52.6 Å². The van der Waals surface area contributed by atoms with Crippen molar-refractivity contribution < 1.29 is 4.79 Å². The van der Waals surface area contributed by atoms with Gasteiger partial charge in [-0.25, -0.2) is 0 Å². The van der Waals surface area contributed by atoms with Crippen molar-refractivity contribution in [2.45, 2.75) is 13.8 Å². The van der Waals surface area contributed by atoms with Crippen LogP contribution in [0.1, 0.15) is 16.7 Å². The van der Waals surface area contributed by atoms with E-state index in [2.05, 4.69) is 27.3 Å². The number of anilines is 1. The van der Waals surface area contributed by atoms with Crippen LogP contribution in [-0.2, 0) is 4.79 Å². The zero-order chi connectivity index (χ0) is 16.6. The fourth-order valence-electron chi connectivity index (χ4n) is 2.57. The van der Waals surface area contributed by atoms with Crippen molar-refractivity contribution in [2.75, 3.05) is 4.90 Å². The largest absolute Gasteiger partial charge is 0.327 e. The number of thiocarbonyl (C=S) groups is 1. The van der Waals surface area contributed by atoms with Crippen LogP contribution in [0.4, 0.5) is 5.69 Å². The van der Waals surface area contributed by atoms with Crippen molar-refractivity contribution >= 4 is 50.9 Å². The van der Waals surface area contributed by atoms with Crippen LogP contribution >= 0.6 is 28.1 Å². The number of aryl methyl sites for hydroxylation is 2. The van der Waals surface area contributed by atoms with E-state index in [-0.39, 0.29) is 5.91 Å². The number of halogens is 1. The molecule has 0 aliphatic carbocycles. The minimum absolute atomic E-state index is 0.136. The van der Waals surface area contributed by atoms with Gasteiger partial charge in [0.1, 0.15) is 5.70 Å². The van der Waals surface area contributed by atoms with Crippen LogP contribution in [0.3, 0.4) is 0 Å². The summed E-state index contributed by atoms with van der Waals surface area (Å²) in [5.41, 5.74) is 4.41. The van der Waals surface area contributed by atoms with Gasteiger partial charge in [-0.05, 0) is 73.1 Å². The number of nitrogens with zero attached hydrogens (tertiary/aromatic N) is 1. The average Bonchev–Trinajstić information content (AvgIpc) is 2.75. The molecule has 1 saturated heterocycles. The van der Waals surface area contributed by atoms with Crippen molar-refractivity contribution in [3.63, 3.8) is 0 Å². The van der Waals surface area contributed by atoms with Gasteiger partial charge in [-0.2, -0.15) is 0 Å². The lowest BCUT2D eigenvalue weighted by molar-refractivity contribution is -0.113. The van der Waals surface area contributed by atoms with Gasteiger partial charge in [0.05, 0.1) is 5.69 Å². The topological polar surface area (TPSA) is 32.3 Å². The first-order chi connectivity index (χ1) is 10.9. The lowest BCUT2D eigenvalue weighted by atomic mass is 10.1. The SMILES string of the molecule is Cc1cc(C)cc(N2C(=O)/C(=C/c3ccc(Br)cc3)NC2=S)c1. The number of nitrogens with one attached hydrogen (secondary N) is 1. The summed E-state index contributed by atoms with van der Waals surface area (Å²) in [4.78, 5) is 14.3. The van der Waals surface area contributed by atoms with Gasteiger partial charge in [0.15, 0.2) is 5.11 Å². The van der Waals surface area contributed by atoms with E-state index in [0.29, 0.717) is 10.8 Å². The molecule has 1 aliphatic rings. The average molecular weight is 387 g/mol. The van der Waals surface area contributed by atoms with E-state index in [1.807, 2.05) is 56.3 Å². The first-order valence-corrected chi connectivity index (χ1v) is 8.35. The van der Waals surface area contributed by atoms with E-state index in [4.69, 9.17) is 12.2 Å². The van der Waals surface area contributed by atoms with Gasteiger partial charge < -0.3 is 5.32 Å². The Bertz CT molecular complexity index is 807. The highest BCUT2D eigenvalue weighted by atomic mass is 79.9. The van der Waals surface area contributed by atoms with Crippen molar-refractivity contribution in [3.05, 3.63) is 69.3 Å². The summed E-state index contributed by atoms with van der Waals surface area (Å²) in [6.07, 6.45) is 1.81. The van der Waals surface area contributed by atoms with E-state index in [1.54, 1.807) is 4.90 Å². The van der Waals surface area contributed by atoms with E-state index in [1.165, 1.54) is 0 Å². The normalized spacial score (nSPS) is 16.1. The highest BCUT2D eigenvalue weighted by Crippen LogP contribution is 2.25. The summed E-state index contributed by atoms with van der Waals surface area (Å²) in [5, 5.41) is 3.42. The minimum Gasteiger partial charge on any atom is -0.327 e. The number of hydrogen-bond acceptors (Lipinski definition) is 2. The third kappa shape index (κ3) is 3.35. The molecule has 0 atom stereocenters. The molecule has 3 rings (SSSR count). The second kappa shape index (κ2) is 6.26. The molecule has 5 heteroatoms. The fraction of sp³-hybridized carbons (Fsp3) is 0.111. The number of amides is 1. The summed E-state index contributed by atoms with van der Waals surface area (Å²) in [6, 6.07) is 13.7. The summed E-state index contributed by atoms with van der Waals surface area (Å²) in [7, 11) is 0.